The standard InChI is InChI=1S/C15H13NO4S/c1-8-7-21-13(15(18)19)12(8)16-14(17)9-2-3-10-5-20-6-11(10)4-9/h2-4,7H,5-6H2,1H3,(H,16,17)(H,18,19). The van der Waals surface area contributed by atoms with E-state index < -0.39 is 5.97 Å². The van der Waals surface area contributed by atoms with E-state index >= 15 is 0 Å². The van der Waals surface area contributed by atoms with Crippen LogP contribution in [-0.4, -0.2) is 17.0 Å². The van der Waals surface area contributed by atoms with Crippen LogP contribution in [0.5, 0.6) is 0 Å². The number of ether oxygens (including phenoxy) is 1. The van der Waals surface area contributed by atoms with Crippen LogP contribution in [0.1, 0.15) is 36.7 Å². The number of rotatable bonds is 3. The van der Waals surface area contributed by atoms with Crippen LogP contribution in [0.25, 0.3) is 0 Å². The molecule has 0 bridgehead atoms. The molecule has 2 N–H and O–H groups in total. The first-order chi connectivity index (χ1) is 10.1. The van der Waals surface area contributed by atoms with E-state index in [2.05, 4.69) is 5.32 Å². The van der Waals surface area contributed by atoms with Gasteiger partial charge in [0, 0.05) is 5.56 Å². The summed E-state index contributed by atoms with van der Waals surface area (Å²) in [5.41, 5.74) is 3.71. The lowest BCUT2D eigenvalue weighted by atomic mass is 10.1. The maximum atomic E-state index is 12.3. The maximum absolute atomic E-state index is 12.3. The van der Waals surface area contributed by atoms with E-state index in [-0.39, 0.29) is 10.8 Å². The second-order valence-corrected chi connectivity index (χ2v) is 5.74. The molecule has 0 spiro atoms. The number of carbonyl (C=O) groups is 2. The van der Waals surface area contributed by atoms with Crippen LogP contribution in [0, 0.1) is 6.92 Å². The Morgan fingerprint density at radius 2 is 2.05 bits per heavy atom. The van der Waals surface area contributed by atoms with Crippen LogP contribution < -0.4 is 5.32 Å². The van der Waals surface area contributed by atoms with Gasteiger partial charge in [-0.3, -0.25) is 4.79 Å². The Morgan fingerprint density at radius 3 is 2.81 bits per heavy atom. The summed E-state index contributed by atoms with van der Waals surface area (Å²) in [4.78, 5) is 23.6. The number of fused-ring (bicyclic) bond motifs is 1. The van der Waals surface area contributed by atoms with Gasteiger partial charge in [-0.1, -0.05) is 6.07 Å². The van der Waals surface area contributed by atoms with Crippen molar-refractivity contribution in [3.05, 3.63) is 50.7 Å². The summed E-state index contributed by atoms with van der Waals surface area (Å²) in [5.74, 6) is -1.35. The van der Waals surface area contributed by atoms with Crippen LogP contribution in [0.15, 0.2) is 23.6 Å². The van der Waals surface area contributed by atoms with Crippen LogP contribution in [0.3, 0.4) is 0 Å². The summed E-state index contributed by atoms with van der Waals surface area (Å²) in [5, 5.41) is 13.5. The molecule has 0 radical (unpaired) electrons. The molecular weight excluding hydrogens is 290 g/mol. The van der Waals surface area contributed by atoms with Crippen molar-refractivity contribution in [1.29, 1.82) is 0 Å². The van der Waals surface area contributed by atoms with Crippen molar-refractivity contribution in [1.82, 2.24) is 0 Å². The lowest BCUT2D eigenvalue weighted by molar-refractivity contribution is 0.0703. The van der Waals surface area contributed by atoms with E-state index in [0.717, 1.165) is 28.0 Å². The molecule has 1 aromatic carbocycles. The fourth-order valence-electron chi connectivity index (χ4n) is 2.26. The number of hydrogen-bond acceptors (Lipinski definition) is 4. The molecule has 108 valence electrons. The highest BCUT2D eigenvalue weighted by Gasteiger charge is 2.19. The summed E-state index contributed by atoms with van der Waals surface area (Å²) >= 11 is 1.11. The number of aromatic carboxylic acids is 1. The fourth-order valence-corrected chi connectivity index (χ4v) is 3.10. The molecule has 0 atom stereocenters. The topological polar surface area (TPSA) is 75.6 Å². The Hall–Kier alpha value is -2.18. The normalized spacial score (nSPS) is 13.0. The van der Waals surface area contributed by atoms with Crippen molar-refractivity contribution in [2.45, 2.75) is 20.1 Å². The number of benzene rings is 1. The number of amides is 1. The van der Waals surface area contributed by atoms with Crippen molar-refractivity contribution in [3.8, 4) is 0 Å². The van der Waals surface area contributed by atoms with Crippen LogP contribution in [-0.2, 0) is 18.0 Å². The molecule has 5 nitrogen and oxygen atoms in total. The first-order valence-corrected chi connectivity index (χ1v) is 7.26. The predicted molar refractivity (Wildman–Crippen MR) is 78.9 cm³/mol. The van der Waals surface area contributed by atoms with Gasteiger partial charge in [-0.25, -0.2) is 4.79 Å². The van der Waals surface area contributed by atoms with Gasteiger partial charge in [0.2, 0.25) is 0 Å². The van der Waals surface area contributed by atoms with Gasteiger partial charge in [0.05, 0.1) is 18.9 Å². The first-order valence-electron chi connectivity index (χ1n) is 6.38. The third kappa shape index (κ3) is 2.55. The summed E-state index contributed by atoms with van der Waals surface area (Å²) in [7, 11) is 0. The van der Waals surface area contributed by atoms with Crippen LogP contribution in [0.2, 0.25) is 0 Å². The van der Waals surface area contributed by atoms with Crippen LogP contribution >= 0.6 is 11.3 Å². The van der Waals surface area contributed by atoms with Gasteiger partial charge < -0.3 is 15.2 Å². The molecule has 1 aliphatic rings. The molecule has 3 rings (SSSR count). The lowest BCUT2D eigenvalue weighted by Gasteiger charge is -2.07. The minimum Gasteiger partial charge on any atom is -0.477 e. The SMILES string of the molecule is Cc1csc(C(=O)O)c1NC(=O)c1ccc2c(c1)COC2. The number of thiophene rings is 1. The Morgan fingerprint density at radius 1 is 1.29 bits per heavy atom. The van der Waals surface area contributed by atoms with E-state index in [4.69, 9.17) is 9.84 Å². The molecule has 0 unspecified atom stereocenters. The van der Waals surface area contributed by atoms with Gasteiger partial charge in [-0.15, -0.1) is 11.3 Å². The van der Waals surface area contributed by atoms with Gasteiger partial charge in [-0.2, -0.15) is 0 Å². The van der Waals surface area contributed by atoms with Crippen molar-refractivity contribution in [3.63, 3.8) is 0 Å². The third-order valence-electron chi connectivity index (χ3n) is 3.39. The molecule has 2 aromatic rings. The Balaban J connectivity index is 1.87. The zero-order valence-electron chi connectivity index (χ0n) is 11.3. The lowest BCUT2D eigenvalue weighted by Crippen LogP contribution is -2.14. The van der Waals surface area contributed by atoms with Crippen molar-refractivity contribution in [2.24, 2.45) is 0 Å². The zero-order chi connectivity index (χ0) is 15.0. The number of carboxylic acids is 1. The molecule has 1 aromatic heterocycles. The number of aryl methyl sites for hydroxylation is 1. The number of carboxylic acid groups (broad SMARTS) is 1. The van der Waals surface area contributed by atoms with E-state index in [0.29, 0.717) is 24.5 Å². The average molecular weight is 303 g/mol. The number of carbonyl (C=O) groups excluding carboxylic acids is 1. The highest BCUT2D eigenvalue weighted by molar-refractivity contribution is 7.12. The smallest absolute Gasteiger partial charge is 0.348 e. The molecule has 21 heavy (non-hydrogen) atoms. The molecule has 0 saturated heterocycles. The van der Waals surface area contributed by atoms with Gasteiger partial charge in [0.25, 0.3) is 5.91 Å². The molecule has 2 heterocycles. The van der Waals surface area contributed by atoms with Gasteiger partial charge in [-0.05, 0) is 41.1 Å². The highest BCUT2D eigenvalue weighted by atomic mass is 32.1. The second kappa shape index (κ2) is 5.31. The largest absolute Gasteiger partial charge is 0.477 e. The molecule has 6 heteroatoms. The number of anilines is 1. The number of hydrogen-bond donors (Lipinski definition) is 2. The Labute approximate surface area is 125 Å². The summed E-state index contributed by atoms with van der Waals surface area (Å²) < 4.78 is 5.32. The van der Waals surface area contributed by atoms with Crippen molar-refractivity contribution < 1.29 is 19.4 Å². The van der Waals surface area contributed by atoms with E-state index in [1.807, 2.05) is 6.07 Å². The predicted octanol–water partition coefficient (Wildman–Crippen LogP) is 3.04. The molecule has 0 fully saturated rings. The number of nitrogens with one attached hydrogen (secondary N) is 1. The first kappa shape index (κ1) is 13.8. The molecule has 0 aliphatic carbocycles. The Bertz CT molecular complexity index is 735. The highest BCUT2D eigenvalue weighted by Crippen LogP contribution is 2.28. The molecule has 1 amide bonds. The fraction of sp³-hybridized carbons (Fsp3) is 0.200. The third-order valence-corrected chi connectivity index (χ3v) is 4.48. The van der Waals surface area contributed by atoms with Crippen molar-refractivity contribution in [2.75, 3.05) is 5.32 Å². The Kier molecular flexibility index (Phi) is 3.48. The minimum absolute atomic E-state index is 0.144. The van der Waals surface area contributed by atoms with Crippen molar-refractivity contribution >= 4 is 28.9 Å². The van der Waals surface area contributed by atoms with E-state index in [9.17, 15) is 9.59 Å². The molecular formula is C15H13NO4S. The van der Waals surface area contributed by atoms with Gasteiger partial charge in [0.15, 0.2) is 0 Å². The van der Waals surface area contributed by atoms with E-state index in [1.165, 1.54) is 0 Å². The zero-order valence-corrected chi connectivity index (χ0v) is 12.1. The van der Waals surface area contributed by atoms with Crippen LogP contribution in [0.4, 0.5) is 5.69 Å². The minimum atomic E-state index is -1.04. The average Bonchev–Trinajstić information content (AvgIpc) is 3.05. The van der Waals surface area contributed by atoms with E-state index in [1.54, 1.807) is 24.4 Å². The summed E-state index contributed by atoms with van der Waals surface area (Å²) in [6.07, 6.45) is 0. The second-order valence-electron chi connectivity index (χ2n) is 4.86. The van der Waals surface area contributed by atoms with Gasteiger partial charge in [0.1, 0.15) is 4.88 Å². The molecule has 1 aliphatic heterocycles. The summed E-state index contributed by atoms with van der Waals surface area (Å²) in [6, 6.07) is 5.39. The molecule has 0 saturated carbocycles. The monoisotopic (exact) mass is 303 g/mol. The quantitative estimate of drug-likeness (QED) is 0.914. The maximum Gasteiger partial charge on any atom is 0.348 e. The summed E-state index contributed by atoms with van der Waals surface area (Å²) in [6.45, 7) is 2.85. The van der Waals surface area contributed by atoms with Gasteiger partial charge >= 0.3 is 5.97 Å².